The smallest absolute Gasteiger partial charge is 0.405 e. The molecule has 3 nitrogen and oxygen atoms in total. The molecule has 0 saturated heterocycles. The number of methoxy groups -OCH3 is 1. The van der Waals surface area contributed by atoms with E-state index in [2.05, 4.69) is 39.8 Å². The predicted molar refractivity (Wildman–Crippen MR) is 78.2 cm³/mol. The first-order chi connectivity index (χ1) is 9.73. The molecule has 0 spiro atoms. The summed E-state index contributed by atoms with van der Waals surface area (Å²) in [4.78, 5) is 0. The van der Waals surface area contributed by atoms with Crippen molar-refractivity contribution in [2.24, 2.45) is 5.92 Å². The van der Waals surface area contributed by atoms with Crippen molar-refractivity contribution >= 4 is 15.9 Å². The molecule has 1 unspecified atom stereocenters. The van der Waals surface area contributed by atoms with Crippen molar-refractivity contribution in [3.05, 3.63) is 28.2 Å². The van der Waals surface area contributed by atoms with Crippen LogP contribution in [0.1, 0.15) is 19.4 Å². The molecule has 0 bridgehead atoms. The Hall–Kier alpha value is -0.790. The highest BCUT2D eigenvalue weighted by molar-refractivity contribution is 9.10. The molecular formula is C14H19BrF3NO2. The van der Waals surface area contributed by atoms with Crippen LogP contribution in [0, 0.1) is 5.92 Å². The average molecular weight is 370 g/mol. The van der Waals surface area contributed by atoms with Crippen molar-refractivity contribution in [3.63, 3.8) is 0 Å². The first kappa shape index (κ1) is 18.3. The molecule has 120 valence electrons. The summed E-state index contributed by atoms with van der Waals surface area (Å²) in [5.41, 5.74) is 0.859. The number of ether oxygens (including phenoxy) is 2. The fraction of sp³-hybridized carbons (Fsp3) is 0.571. The van der Waals surface area contributed by atoms with Gasteiger partial charge in [-0.3, -0.25) is 0 Å². The van der Waals surface area contributed by atoms with Crippen LogP contribution in [0.4, 0.5) is 13.2 Å². The van der Waals surface area contributed by atoms with Gasteiger partial charge in [0.1, 0.15) is 5.75 Å². The lowest BCUT2D eigenvalue weighted by atomic mass is 10.0. The second-order valence-electron chi connectivity index (χ2n) is 5.00. The average Bonchev–Trinajstić information content (AvgIpc) is 2.35. The molecule has 0 heterocycles. The molecule has 1 N–H and O–H groups in total. The number of hydrogen-bond donors (Lipinski definition) is 1. The fourth-order valence-electron chi connectivity index (χ4n) is 1.78. The van der Waals surface area contributed by atoms with Gasteiger partial charge in [0.05, 0.1) is 11.1 Å². The summed E-state index contributed by atoms with van der Waals surface area (Å²) in [6, 6.07) is 4.69. The summed E-state index contributed by atoms with van der Waals surface area (Å²) in [5.74, 6) is 0.143. The van der Waals surface area contributed by atoms with Crippen molar-refractivity contribution in [2.75, 3.05) is 13.7 Å². The number of halogens is 4. The highest BCUT2D eigenvalue weighted by Crippen LogP contribution is 2.31. The molecule has 1 aromatic carbocycles. The molecule has 21 heavy (non-hydrogen) atoms. The highest BCUT2D eigenvalue weighted by atomic mass is 79.9. The minimum absolute atomic E-state index is 0.180. The van der Waals surface area contributed by atoms with Crippen molar-refractivity contribution in [3.8, 4) is 5.75 Å². The van der Waals surface area contributed by atoms with E-state index in [1.165, 1.54) is 6.07 Å². The summed E-state index contributed by atoms with van der Waals surface area (Å²) >= 11 is 3.09. The highest BCUT2D eigenvalue weighted by Gasteiger charge is 2.31. The van der Waals surface area contributed by atoms with E-state index in [0.29, 0.717) is 19.1 Å². The summed E-state index contributed by atoms with van der Waals surface area (Å²) in [5, 5.41) is 3.32. The maximum Gasteiger partial charge on any atom is 0.573 e. The largest absolute Gasteiger partial charge is 0.573 e. The van der Waals surface area contributed by atoms with E-state index in [1.807, 2.05) is 0 Å². The number of nitrogens with one attached hydrogen (secondary N) is 1. The Labute approximate surface area is 130 Å². The Morgan fingerprint density at radius 1 is 1.29 bits per heavy atom. The van der Waals surface area contributed by atoms with Gasteiger partial charge in [-0.05, 0) is 39.5 Å². The SMILES string of the molecule is COCC(NCc1ccc(OC(F)(F)F)c(Br)c1)C(C)C. The van der Waals surface area contributed by atoms with Gasteiger partial charge in [-0.25, -0.2) is 0 Å². The molecule has 7 heteroatoms. The van der Waals surface area contributed by atoms with Gasteiger partial charge in [0.2, 0.25) is 0 Å². The van der Waals surface area contributed by atoms with E-state index < -0.39 is 6.36 Å². The van der Waals surface area contributed by atoms with E-state index in [4.69, 9.17) is 4.74 Å². The van der Waals surface area contributed by atoms with E-state index >= 15 is 0 Å². The summed E-state index contributed by atoms with van der Waals surface area (Å²) < 4.78 is 45.8. The van der Waals surface area contributed by atoms with Gasteiger partial charge in [0, 0.05) is 19.7 Å². The molecule has 1 atom stereocenters. The van der Waals surface area contributed by atoms with Crippen molar-refractivity contribution in [1.29, 1.82) is 0 Å². The van der Waals surface area contributed by atoms with Gasteiger partial charge in [-0.15, -0.1) is 13.2 Å². The van der Waals surface area contributed by atoms with E-state index in [9.17, 15) is 13.2 Å². The second kappa shape index (κ2) is 8.00. The van der Waals surface area contributed by atoms with Crippen LogP contribution in [0.15, 0.2) is 22.7 Å². The van der Waals surface area contributed by atoms with Crippen LogP contribution in [-0.4, -0.2) is 26.1 Å². The summed E-state index contributed by atoms with van der Waals surface area (Å²) in [6.45, 7) is 5.27. The lowest BCUT2D eigenvalue weighted by molar-refractivity contribution is -0.274. The normalized spacial score (nSPS) is 13.5. The third-order valence-electron chi connectivity index (χ3n) is 2.94. The standard InChI is InChI=1S/C14H19BrF3NO2/c1-9(2)12(8-20-3)19-7-10-4-5-13(11(15)6-10)21-14(16,17)18/h4-6,9,12,19H,7-8H2,1-3H3. The zero-order valence-electron chi connectivity index (χ0n) is 12.1. The van der Waals surface area contributed by atoms with Crippen LogP contribution < -0.4 is 10.1 Å². The number of benzene rings is 1. The molecule has 0 saturated carbocycles. The third kappa shape index (κ3) is 6.67. The summed E-state index contributed by atoms with van der Waals surface area (Å²) in [6.07, 6.45) is -4.69. The Morgan fingerprint density at radius 2 is 1.95 bits per heavy atom. The molecule has 1 aromatic rings. The second-order valence-corrected chi connectivity index (χ2v) is 5.85. The monoisotopic (exact) mass is 369 g/mol. The van der Waals surface area contributed by atoms with Gasteiger partial charge in [-0.1, -0.05) is 19.9 Å². The maximum absolute atomic E-state index is 12.2. The molecule has 0 aromatic heterocycles. The lowest BCUT2D eigenvalue weighted by Crippen LogP contribution is -2.37. The number of hydrogen-bond acceptors (Lipinski definition) is 3. The topological polar surface area (TPSA) is 30.5 Å². The minimum Gasteiger partial charge on any atom is -0.405 e. The quantitative estimate of drug-likeness (QED) is 0.784. The van der Waals surface area contributed by atoms with Crippen LogP contribution >= 0.6 is 15.9 Å². The summed E-state index contributed by atoms with van der Waals surface area (Å²) in [7, 11) is 1.64. The van der Waals surface area contributed by atoms with Gasteiger partial charge in [0.25, 0.3) is 0 Å². The Morgan fingerprint density at radius 3 is 2.43 bits per heavy atom. The van der Waals surface area contributed by atoms with E-state index in [-0.39, 0.29) is 16.3 Å². The molecule has 0 aliphatic heterocycles. The Kier molecular flexibility index (Phi) is 6.96. The molecule has 0 amide bonds. The van der Waals surface area contributed by atoms with Crippen LogP contribution in [0.25, 0.3) is 0 Å². The molecule has 0 fully saturated rings. The van der Waals surface area contributed by atoms with Crippen molar-refractivity contribution < 1.29 is 22.6 Å². The van der Waals surface area contributed by atoms with Crippen molar-refractivity contribution in [2.45, 2.75) is 32.8 Å². The third-order valence-corrected chi connectivity index (χ3v) is 3.56. The van der Waals surface area contributed by atoms with Crippen LogP contribution in [-0.2, 0) is 11.3 Å². The Bertz CT molecular complexity index is 452. The van der Waals surface area contributed by atoms with Crippen molar-refractivity contribution in [1.82, 2.24) is 5.32 Å². The molecule has 0 aliphatic carbocycles. The van der Waals surface area contributed by atoms with E-state index in [0.717, 1.165) is 5.56 Å². The molecule has 0 radical (unpaired) electrons. The van der Waals surface area contributed by atoms with Gasteiger partial charge < -0.3 is 14.8 Å². The predicted octanol–water partition coefficient (Wildman–Crippen LogP) is 4.11. The van der Waals surface area contributed by atoms with Gasteiger partial charge in [0.15, 0.2) is 0 Å². The minimum atomic E-state index is -4.69. The first-order valence-electron chi connectivity index (χ1n) is 6.49. The maximum atomic E-state index is 12.2. The van der Waals surface area contributed by atoms with Gasteiger partial charge in [-0.2, -0.15) is 0 Å². The molecular weight excluding hydrogens is 351 g/mol. The molecule has 1 rings (SSSR count). The number of alkyl halides is 3. The van der Waals surface area contributed by atoms with Crippen LogP contribution in [0.5, 0.6) is 5.75 Å². The first-order valence-corrected chi connectivity index (χ1v) is 7.28. The Balaban J connectivity index is 2.67. The van der Waals surface area contributed by atoms with Crippen LogP contribution in [0.2, 0.25) is 0 Å². The zero-order chi connectivity index (χ0) is 16.0. The lowest BCUT2D eigenvalue weighted by Gasteiger charge is -2.21. The van der Waals surface area contributed by atoms with Crippen LogP contribution in [0.3, 0.4) is 0 Å². The molecule has 0 aliphatic rings. The zero-order valence-corrected chi connectivity index (χ0v) is 13.7. The number of rotatable bonds is 7. The van der Waals surface area contributed by atoms with E-state index in [1.54, 1.807) is 19.2 Å². The fourth-order valence-corrected chi connectivity index (χ4v) is 2.28. The van der Waals surface area contributed by atoms with Gasteiger partial charge >= 0.3 is 6.36 Å².